The second-order valence-electron chi connectivity index (χ2n) is 4.05. The molecule has 1 aromatic rings. The Morgan fingerprint density at radius 2 is 2.35 bits per heavy atom. The van der Waals surface area contributed by atoms with Crippen LogP contribution in [0.3, 0.4) is 0 Å². The number of nitrogens with one attached hydrogen (secondary N) is 2. The van der Waals surface area contributed by atoms with Gasteiger partial charge in [-0.1, -0.05) is 0 Å². The predicted octanol–water partition coefficient (Wildman–Crippen LogP) is 1.51. The standard InChI is InChI=1S/C12H17N3OS/c16-12(15-10-2-1-5-14-8-10)9-17-11-3-6-13-7-4-11/h1-2,5,8,11,13H,3-4,6-7,9H2,(H,15,16). The number of thioether (sulfide) groups is 1. The minimum absolute atomic E-state index is 0.0570. The first-order chi connectivity index (χ1) is 8.34. The molecule has 0 aliphatic carbocycles. The third-order valence-electron chi connectivity index (χ3n) is 2.68. The fourth-order valence-electron chi connectivity index (χ4n) is 1.79. The number of aromatic nitrogens is 1. The summed E-state index contributed by atoms with van der Waals surface area (Å²) in [6, 6.07) is 3.66. The molecule has 0 radical (unpaired) electrons. The van der Waals surface area contributed by atoms with E-state index in [0.717, 1.165) is 31.6 Å². The second-order valence-corrected chi connectivity index (χ2v) is 5.34. The lowest BCUT2D eigenvalue weighted by Crippen LogP contribution is -2.30. The number of carbonyl (C=O) groups excluding carboxylic acids is 1. The minimum Gasteiger partial charge on any atom is -0.324 e. The lowest BCUT2D eigenvalue weighted by Gasteiger charge is -2.21. The van der Waals surface area contributed by atoms with Crippen molar-refractivity contribution >= 4 is 23.4 Å². The van der Waals surface area contributed by atoms with Gasteiger partial charge in [-0.3, -0.25) is 9.78 Å². The predicted molar refractivity (Wildman–Crippen MR) is 71.2 cm³/mol. The van der Waals surface area contributed by atoms with Crippen LogP contribution in [0.25, 0.3) is 0 Å². The molecule has 92 valence electrons. The average Bonchev–Trinajstić information content (AvgIpc) is 2.39. The summed E-state index contributed by atoms with van der Waals surface area (Å²) in [6.45, 7) is 2.14. The van der Waals surface area contributed by atoms with Crippen LogP contribution in [-0.2, 0) is 4.79 Å². The van der Waals surface area contributed by atoms with E-state index < -0.39 is 0 Å². The Balaban J connectivity index is 1.70. The molecule has 0 spiro atoms. The van der Waals surface area contributed by atoms with Crippen molar-refractivity contribution in [3.63, 3.8) is 0 Å². The van der Waals surface area contributed by atoms with Crippen LogP contribution in [0.2, 0.25) is 0 Å². The highest BCUT2D eigenvalue weighted by Gasteiger charge is 2.14. The molecule has 1 saturated heterocycles. The van der Waals surface area contributed by atoms with Crippen molar-refractivity contribution in [1.82, 2.24) is 10.3 Å². The number of hydrogen-bond donors (Lipinski definition) is 2. The van der Waals surface area contributed by atoms with Crippen molar-refractivity contribution in [2.24, 2.45) is 0 Å². The van der Waals surface area contributed by atoms with E-state index in [9.17, 15) is 4.79 Å². The number of carbonyl (C=O) groups is 1. The Labute approximate surface area is 106 Å². The molecular weight excluding hydrogens is 234 g/mol. The van der Waals surface area contributed by atoms with Gasteiger partial charge in [0.25, 0.3) is 0 Å². The number of pyridine rings is 1. The molecule has 1 aliphatic heterocycles. The van der Waals surface area contributed by atoms with Gasteiger partial charge >= 0.3 is 0 Å². The molecule has 2 rings (SSSR count). The summed E-state index contributed by atoms with van der Waals surface area (Å²) < 4.78 is 0. The van der Waals surface area contributed by atoms with Gasteiger partial charge in [-0.2, -0.15) is 0 Å². The molecule has 1 aromatic heterocycles. The Kier molecular flexibility index (Phi) is 4.82. The molecule has 0 unspecified atom stereocenters. The van der Waals surface area contributed by atoms with Crippen molar-refractivity contribution in [1.29, 1.82) is 0 Å². The molecule has 1 amide bonds. The molecule has 0 aromatic carbocycles. The summed E-state index contributed by atoms with van der Waals surface area (Å²) >= 11 is 1.75. The first-order valence-electron chi connectivity index (χ1n) is 5.87. The third kappa shape index (κ3) is 4.36. The number of nitrogens with zero attached hydrogens (tertiary/aromatic N) is 1. The molecule has 0 atom stereocenters. The maximum Gasteiger partial charge on any atom is 0.234 e. The van der Waals surface area contributed by atoms with Crippen LogP contribution in [0.4, 0.5) is 5.69 Å². The smallest absolute Gasteiger partial charge is 0.234 e. The lowest BCUT2D eigenvalue weighted by atomic mass is 10.2. The van der Waals surface area contributed by atoms with E-state index >= 15 is 0 Å². The van der Waals surface area contributed by atoms with Crippen molar-refractivity contribution in [3.8, 4) is 0 Å². The Morgan fingerprint density at radius 1 is 1.53 bits per heavy atom. The molecule has 1 fully saturated rings. The van der Waals surface area contributed by atoms with Gasteiger partial charge in [-0.05, 0) is 38.1 Å². The summed E-state index contributed by atoms with van der Waals surface area (Å²) in [5.74, 6) is 0.584. The molecule has 17 heavy (non-hydrogen) atoms. The van der Waals surface area contributed by atoms with Crippen molar-refractivity contribution in [2.75, 3.05) is 24.2 Å². The highest BCUT2D eigenvalue weighted by molar-refractivity contribution is 8.00. The van der Waals surface area contributed by atoms with Gasteiger partial charge < -0.3 is 10.6 Å². The van der Waals surface area contributed by atoms with Gasteiger partial charge in [0.1, 0.15) is 0 Å². The summed E-state index contributed by atoms with van der Waals surface area (Å²) in [7, 11) is 0. The number of anilines is 1. The zero-order valence-electron chi connectivity index (χ0n) is 9.69. The monoisotopic (exact) mass is 251 g/mol. The van der Waals surface area contributed by atoms with E-state index in [-0.39, 0.29) is 5.91 Å². The van der Waals surface area contributed by atoms with E-state index in [0.29, 0.717) is 11.0 Å². The second kappa shape index (κ2) is 6.61. The molecular formula is C12H17N3OS. The normalized spacial score (nSPS) is 16.7. The zero-order chi connectivity index (χ0) is 11.9. The Bertz CT molecular complexity index is 352. The number of rotatable bonds is 4. The fourth-order valence-corrected chi connectivity index (χ4v) is 2.82. The molecule has 0 bridgehead atoms. The largest absolute Gasteiger partial charge is 0.324 e. The molecule has 1 aliphatic rings. The Hall–Kier alpha value is -1.07. The van der Waals surface area contributed by atoms with E-state index in [1.54, 1.807) is 24.2 Å². The fraction of sp³-hybridized carbons (Fsp3) is 0.500. The van der Waals surface area contributed by atoms with Crippen LogP contribution >= 0.6 is 11.8 Å². The van der Waals surface area contributed by atoms with Gasteiger partial charge in [0.2, 0.25) is 5.91 Å². The van der Waals surface area contributed by atoms with Gasteiger partial charge in [0.05, 0.1) is 17.6 Å². The maximum absolute atomic E-state index is 11.7. The number of piperidine rings is 1. The Morgan fingerprint density at radius 3 is 3.06 bits per heavy atom. The van der Waals surface area contributed by atoms with E-state index in [4.69, 9.17) is 0 Å². The summed E-state index contributed by atoms with van der Waals surface area (Å²) in [5.41, 5.74) is 0.767. The van der Waals surface area contributed by atoms with Crippen molar-refractivity contribution in [3.05, 3.63) is 24.5 Å². The van der Waals surface area contributed by atoms with Crippen LogP contribution in [0.1, 0.15) is 12.8 Å². The molecule has 4 nitrogen and oxygen atoms in total. The molecule has 2 heterocycles. The highest BCUT2D eigenvalue weighted by atomic mass is 32.2. The summed E-state index contributed by atoms with van der Waals surface area (Å²) in [4.78, 5) is 15.6. The molecule has 0 saturated carbocycles. The van der Waals surface area contributed by atoms with Crippen LogP contribution in [0.15, 0.2) is 24.5 Å². The number of amides is 1. The van der Waals surface area contributed by atoms with Gasteiger partial charge in [0.15, 0.2) is 0 Å². The topological polar surface area (TPSA) is 54.0 Å². The van der Waals surface area contributed by atoms with Crippen LogP contribution in [0, 0.1) is 0 Å². The first kappa shape index (κ1) is 12.4. The van der Waals surface area contributed by atoms with Crippen molar-refractivity contribution in [2.45, 2.75) is 18.1 Å². The SMILES string of the molecule is O=C(CSC1CCNCC1)Nc1cccnc1. The summed E-state index contributed by atoms with van der Waals surface area (Å²) in [6.07, 6.45) is 5.67. The number of hydrogen-bond acceptors (Lipinski definition) is 4. The minimum atomic E-state index is 0.0570. The maximum atomic E-state index is 11.7. The summed E-state index contributed by atoms with van der Waals surface area (Å²) in [5, 5.41) is 6.78. The highest BCUT2D eigenvalue weighted by Crippen LogP contribution is 2.20. The van der Waals surface area contributed by atoms with Crippen LogP contribution < -0.4 is 10.6 Å². The quantitative estimate of drug-likeness (QED) is 0.851. The average molecular weight is 251 g/mol. The lowest BCUT2D eigenvalue weighted by molar-refractivity contribution is -0.113. The van der Waals surface area contributed by atoms with Crippen LogP contribution in [-0.4, -0.2) is 35.0 Å². The van der Waals surface area contributed by atoms with E-state index in [1.807, 2.05) is 12.1 Å². The zero-order valence-corrected chi connectivity index (χ0v) is 10.5. The third-order valence-corrected chi connectivity index (χ3v) is 4.05. The first-order valence-corrected chi connectivity index (χ1v) is 6.91. The van der Waals surface area contributed by atoms with Crippen molar-refractivity contribution < 1.29 is 4.79 Å². The van der Waals surface area contributed by atoms with Gasteiger partial charge in [-0.25, -0.2) is 0 Å². The van der Waals surface area contributed by atoms with Gasteiger partial charge in [0, 0.05) is 11.4 Å². The molecule has 5 heteroatoms. The molecule has 2 N–H and O–H groups in total. The van der Waals surface area contributed by atoms with Gasteiger partial charge in [-0.15, -0.1) is 11.8 Å². The van der Waals surface area contributed by atoms with Crippen LogP contribution in [0.5, 0.6) is 0 Å². The van der Waals surface area contributed by atoms with E-state index in [1.165, 1.54) is 0 Å². The van der Waals surface area contributed by atoms with E-state index in [2.05, 4.69) is 15.6 Å².